The molecule has 1 N–H and O–H groups in total. The van der Waals surface area contributed by atoms with Crippen molar-refractivity contribution in [3.63, 3.8) is 0 Å². The van der Waals surface area contributed by atoms with Crippen LogP contribution in [0.2, 0.25) is 0 Å². The van der Waals surface area contributed by atoms with Crippen LogP contribution in [-0.4, -0.2) is 49.1 Å². The van der Waals surface area contributed by atoms with Crippen molar-refractivity contribution in [3.8, 4) is 0 Å². The number of nitrogens with one attached hydrogen (secondary N) is 1. The minimum Gasteiger partial charge on any atom is -0.355 e. The molecule has 0 atom stereocenters. The van der Waals surface area contributed by atoms with Gasteiger partial charge in [-0.25, -0.2) is 0 Å². The Labute approximate surface area is 138 Å². The van der Waals surface area contributed by atoms with Crippen LogP contribution in [-0.2, 0) is 21.5 Å². The summed E-state index contributed by atoms with van der Waals surface area (Å²) >= 11 is 0. The maximum Gasteiger partial charge on any atom is 0.282 e. The van der Waals surface area contributed by atoms with Crippen molar-refractivity contribution >= 4 is 16.1 Å². The van der Waals surface area contributed by atoms with E-state index in [9.17, 15) is 13.2 Å². The minimum atomic E-state index is -3.59. The zero-order chi connectivity index (χ0) is 16.9. The Morgan fingerprint density at radius 3 is 2.70 bits per heavy atom. The molecular formula is C16H25N3O3S. The molecule has 1 amide bonds. The average molecular weight is 339 g/mol. The lowest BCUT2D eigenvalue weighted by Crippen LogP contribution is -2.52. The van der Waals surface area contributed by atoms with Gasteiger partial charge in [-0.2, -0.15) is 17.0 Å². The second-order valence-corrected chi connectivity index (χ2v) is 7.80. The molecule has 1 fully saturated rings. The molecule has 1 saturated heterocycles. The quantitative estimate of drug-likeness (QED) is 0.849. The Kier molecular flexibility index (Phi) is 6.15. The number of nitrogens with zero attached hydrogens (tertiary/aromatic N) is 2. The highest BCUT2D eigenvalue weighted by Gasteiger charge is 2.34. The molecule has 0 aliphatic carbocycles. The number of benzene rings is 1. The normalized spacial score (nSPS) is 18.7. The van der Waals surface area contributed by atoms with Crippen LogP contribution in [0.15, 0.2) is 24.3 Å². The summed E-state index contributed by atoms with van der Waals surface area (Å²) in [5.74, 6) is -0.243. The lowest BCUT2D eigenvalue weighted by molar-refractivity contribution is -0.121. The van der Waals surface area contributed by atoms with Crippen LogP contribution in [0.25, 0.3) is 0 Å². The van der Waals surface area contributed by atoms with Crippen LogP contribution in [0.5, 0.6) is 0 Å². The molecule has 0 aromatic heterocycles. The largest absolute Gasteiger partial charge is 0.355 e. The van der Waals surface area contributed by atoms with Gasteiger partial charge in [0.05, 0.1) is 6.54 Å². The van der Waals surface area contributed by atoms with Gasteiger partial charge in [0.1, 0.15) is 0 Å². The van der Waals surface area contributed by atoms with Crippen molar-refractivity contribution in [3.05, 3.63) is 35.4 Å². The van der Waals surface area contributed by atoms with E-state index in [0.29, 0.717) is 26.2 Å². The van der Waals surface area contributed by atoms with Crippen LogP contribution in [0.3, 0.4) is 0 Å². The molecule has 2 rings (SSSR count). The van der Waals surface area contributed by atoms with Gasteiger partial charge >= 0.3 is 0 Å². The standard InChI is InChI=1S/C16H25N3O3S/c1-3-8-17-16(20)13-19-10-5-9-18(23(19,21)22)12-15-7-4-6-14(2)11-15/h4,6-7,11H,3,5,8-10,12-13H2,1-2H3,(H,17,20). The van der Waals surface area contributed by atoms with Gasteiger partial charge in [0.2, 0.25) is 5.91 Å². The van der Waals surface area contributed by atoms with Gasteiger partial charge in [0, 0.05) is 26.2 Å². The van der Waals surface area contributed by atoms with E-state index in [1.165, 1.54) is 8.61 Å². The topological polar surface area (TPSA) is 69.7 Å². The van der Waals surface area contributed by atoms with Crippen molar-refractivity contribution in [1.29, 1.82) is 0 Å². The molecule has 1 aromatic carbocycles. The third-order valence-electron chi connectivity index (χ3n) is 3.80. The lowest BCUT2D eigenvalue weighted by Gasteiger charge is -2.34. The second kappa shape index (κ2) is 7.90. The maximum atomic E-state index is 12.7. The summed E-state index contributed by atoms with van der Waals surface area (Å²) < 4.78 is 28.1. The predicted molar refractivity (Wildman–Crippen MR) is 90.0 cm³/mol. The summed E-state index contributed by atoms with van der Waals surface area (Å²) in [6, 6.07) is 7.83. The fraction of sp³-hybridized carbons (Fsp3) is 0.562. The van der Waals surface area contributed by atoms with Crippen molar-refractivity contribution in [2.75, 3.05) is 26.2 Å². The number of rotatable bonds is 6. The van der Waals surface area contributed by atoms with E-state index in [0.717, 1.165) is 24.0 Å². The third kappa shape index (κ3) is 4.76. The monoisotopic (exact) mass is 339 g/mol. The van der Waals surface area contributed by atoms with Crippen LogP contribution in [0, 0.1) is 6.92 Å². The Bertz CT molecular complexity index is 646. The zero-order valence-electron chi connectivity index (χ0n) is 13.8. The molecule has 23 heavy (non-hydrogen) atoms. The highest BCUT2D eigenvalue weighted by Crippen LogP contribution is 2.19. The third-order valence-corrected chi connectivity index (χ3v) is 5.73. The second-order valence-electron chi connectivity index (χ2n) is 5.87. The number of hydrogen-bond donors (Lipinski definition) is 1. The Hall–Kier alpha value is -1.44. The van der Waals surface area contributed by atoms with E-state index in [-0.39, 0.29) is 12.5 Å². The van der Waals surface area contributed by atoms with Crippen molar-refractivity contribution < 1.29 is 13.2 Å². The summed E-state index contributed by atoms with van der Waals surface area (Å²) in [5.41, 5.74) is 2.07. The Morgan fingerprint density at radius 2 is 2.00 bits per heavy atom. The van der Waals surface area contributed by atoms with Gasteiger partial charge in [-0.1, -0.05) is 36.8 Å². The molecule has 128 valence electrons. The zero-order valence-corrected chi connectivity index (χ0v) is 14.6. The summed E-state index contributed by atoms with van der Waals surface area (Å²) in [6.45, 7) is 5.64. The van der Waals surface area contributed by atoms with Crippen LogP contribution in [0.1, 0.15) is 30.9 Å². The first-order chi connectivity index (χ1) is 10.9. The number of amides is 1. The first-order valence-corrected chi connectivity index (χ1v) is 9.40. The van der Waals surface area contributed by atoms with E-state index in [1.54, 1.807) is 0 Å². The van der Waals surface area contributed by atoms with Crippen LogP contribution in [0.4, 0.5) is 0 Å². The van der Waals surface area contributed by atoms with Gasteiger partial charge in [0.25, 0.3) is 10.2 Å². The van der Waals surface area contributed by atoms with Gasteiger partial charge in [-0.15, -0.1) is 0 Å². The summed E-state index contributed by atoms with van der Waals surface area (Å²) in [4.78, 5) is 11.8. The molecule has 0 radical (unpaired) electrons. The first kappa shape index (κ1) is 17.9. The van der Waals surface area contributed by atoms with Crippen LogP contribution >= 0.6 is 0 Å². The molecule has 0 bridgehead atoms. The number of carbonyl (C=O) groups excluding carboxylic acids is 1. The Morgan fingerprint density at radius 1 is 1.26 bits per heavy atom. The molecule has 1 aliphatic heterocycles. The fourth-order valence-electron chi connectivity index (χ4n) is 2.63. The molecule has 0 saturated carbocycles. The fourth-order valence-corrected chi connectivity index (χ4v) is 4.27. The molecule has 7 heteroatoms. The average Bonchev–Trinajstić information content (AvgIpc) is 2.49. The molecule has 1 heterocycles. The van der Waals surface area contributed by atoms with E-state index in [1.807, 2.05) is 38.1 Å². The highest BCUT2D eigenvalue weighted by atomic mass is 32.2. The van der Waals surface area contributed by atoms with Crippen LogP contribution < -0.4 is 5.32 Å². The molecule has 6 nitrogen and oxygen atoms in total. The molecular weight excluding hydrogens is 314 g/mol. The van der Waals surface area contributed by atoms with E-state index >= 15 is 0 Å². The van der Waals surface area contributed by atoms with Gasteiger partial charge in [-0.3, -0.25) is 4.79 Å². The molecule has 1 aliphatic rings. The van der Waals surface area contributed by atoms with Crippen molar-refractivity contribution in [1.82, 2.24) is 13.9 Å². The number of carbonyl (C=O) groups is 1. The number of hydrogen-bond acceptors (Lipinski definition) is 3. The van der Waals surface area contributed by atoms with E-state index < -0.39 is 10.2 Å². The highest BCUT2D eigenvalue weighted by molar-refractivity contribution is 7.86. The lowest BCUT2D eigenvalue weighted by atomic mass is 10.1. The molecule has 0 unspecified atom stereocenters. The minimum absolute atomic E-state index is 0.105. The van der Waals surface area contributed by atoms with Gasteiger partial charge < -0.3 is 5.32 Å². The molecule has 0 spiro atoms. The molecule has 1 aromatic rings. The van der Waals surface area contributed by atoms with E-state index in [4.69, 9.17) is 0 Å². The summed E-state index contributed by atoms with van der Waals surface area (Å²) in [6.07, 6.45) is 1.56. The van der Waals surface area contributed by atoms with Crippen molar-refractivity contribution in [2.24, 2.45) is 0 Å². The van der Waals surface area contributed by atoms with Crippen molar-refractivity contribution in [2.45, 2.75) is 33.2 Å². The van der Waals surface area contributed by atoms with Gasteiger partial charge in [-0.05, 0) is 25.3 Å². The first-order valence-electron chi connectivity index (χ1n) is 8.01. The SMILES string of the molecule is CCCNC(=O)CN1CCCN(Cc2cccc(C)c2)S1(=O)=O. The maximum absolute atomic E-state index is 12.7. The Balaban J connectivity index is 2.05. The number of aryl methyl sites for hydroxylation is 1. The van der Waals surface area contributed by atoms with E-state index in [2.05, 4.69) is 5.32 Å². The predicted octanol–water partition coefficient (Wildman–Crippen LogP) is 1.27. The van der Waals surface area contributed by atoms with Gasteiger partial charge in [0.15, 0.2) is 0 Å². The smallest absolute Gasteiger partial charge is 0.282 e. The summed E-state index contributed by atoms with van der Waals surface area (Å²) in [5, 5.41) is 2.73. The summed E-state index contributed by atoms with van der Waals surface area (Å²) in [7, 11) is -3.59.